The van der Waals surface area contributed by atoms with Crippen LogP contribution in [0.2, 0.25) is 0 Å². The van der Waals surface area contributed by atoms with Crippen molar-refractivity contribution in [2.75, 3.05) is 6.54 Å². The van der Waals surface area contributed by atoms with Crippen LogP contribution in [0.25, 0.3) is 22.8 Å². The highest BCUT2D eigenvalue weighted by atomic mass is 16.5. The highest BCUT2D eigenvalue weighted by molar-refractivity contribution is 5.62. The second kappa shape index (κ2) is 4.86. The molecule has 106 valence electrons. The topological polar surface area (TPSA) is 64.1 Å². The Kier molecular flexibility index (Phi) is 2.86. The molecule has 1 N–H and O–H groups in total. The van der Waals surface area contributed by atoms with Crippen molar-refractivity contribution in [3.8, 4) is 22.8 Å². The van der Waals surface area contributed by atoms with Crippen LogP contribution >= 0.6 is 0 Å². The monoisotopic (exact) mass is 281 g/mol. The second-order valence-electron chi connectivity index (χ2n) is 5.22. The first kappa shape index (κ1) is 12.3. The van der Waals surface area contributed by atoms with Gasteiger partial charge in [0.05, 0.1) is 11.8 Å². The van der Waals surface area contributed by atoms with Crippen molar-refractivity contribution in [2.24, 2.45) is 0 Å². The highest BCUT2D eigenvalue weighted by Crippen LogP contribution is 2.27. The predicted octanol–water partition coefficient (Wildman–Crippen LogP) is 2.95. The number of fused-ring (bicyclic) bond motifs is 1. The molecule has 0 atom stereocenters. The minimum Gasteiger partial charge on any atom is -0.469 e. The zero-order valence-corrected chi connectivity index (χ0v) is 11.7. The number of hydrogen-bond donors (Lipinski definition) is 1. The van der Waals surface area contributed by atoms with Gasteiger partial charge in [0.2, 0.25) is 5.82 Å². The Morgan fingerprint density at radius 3 is 3.00 bits per heavy atom. The van der Waals surface area contributed by atoms with Gasteiger partial charge in [0, 0.05) is 12.1 Å². The van der Waals surface area contributed by atoms with E-state index in [0.717, 1.165) is 36.4 Å². The van der Waals surface area contributed by atoms with Crippen LogP contribution in [-0.4, -0.2) is 16.7 Å². The Labute approximate surface area is 122 Å². The SMILES string of the molecule is Cc1occc1-c1noc(-c2ccc3c(c2)CNCC3)n1. The van der Waals surface area contributed by atoms with Crippen LogP contribution < -0.4 is 5.32 Å². The van der Waals surface area contributed by atoms with Gasteiger partial charge in [-0.15, -0.1) is 0 Å². The van der Waals surface area contributed by atoms with Gasteiger partial charge < -0.3 is 14.3 Å². The first-order valence-electron chi connectivity index (χ1n) is 7.02. The van der Waals surface area contributed by atoms with Crippen molar-refractivity contribution >= 4 is 0 Å². The molecule has 1 aliphatic rings. The van der Waals surface area contributed by atoms with Crippen LogP contribution in [0.3, 0.4) is 0 Å². The Morgan fingerprint density at radius 1 is 1.19 bits per heavy atom. The highest BCUT2D eigenvalue weighted by Gasteiger charge is 2.16. The average molecular weight is 281 g/mol. The second-order valence-corrected chi connectivity index (χ2v) is 5.22. The largest absolute Gasteiger partial charge is 0.469 e. The standard InChI is InChI=1S/C16H15N3O2/c1-10-14(5-7-20-10)15-18-16(21-19-15)12-3-2-11-4-6-17-9-13(11)8-12/h2-3,5,7-8,17H,4,6,9H2,1H3. The lowest BCUT2D eigenvalue weighted by Gasteiger charge is -2.16. The molecule has 1 aromatic carbocycles. The minimum atomic E-state index is 0.541. The normalized spacial score (nSPS) is 14.1. The van der Waals surface area contributed by atoms with E-state index in [-0.39, 0.29) is 0 Å². The van der Waals surface area contributed by atoms with E-state index in [4.69, 9.17) is 8.94 Å². The summed E-state index contributed by atoms with van der Waals surface area (Å²) in [5.74, 6) is 1.89. The van der Waals surface area contributed by atoms with Crippen molar-refractivity contribution < 1.29 is 8.94 Å². The van der Waals surface area contributed by atoms with E-state index in [1.807, 2.05) is 19.1 Å². The zero-order chi connectivity index (χ0) is 14.2. The van der Waals surface area contributed by atoms with Crippen LogP contribution in [0.15, 0.2) is 39.5 Å². The Balaban J connectivity index is 1.71. The molecule has 0 unspecified atom stereocenters. The summed E-state index contributed by atoms with van der Waals surface area (Å²) in [7, 11) is 0. The maximum atomic E-state index is 5.40. The Morgan fingerprint density at radius 2 is 2.14 bits per heavy atom. The van der Waals surface area contributed by atoms with Gasteiger partial charge in [-0.2, -0.15) is 4.98 Å². The molecule has 5 nitrogen and oxygen atoms in total. The molecule has 0 saturated heterocycles. The van der Waals surface area contributed by atoms with E-state index >= 15 is 0 Å². The predicted molar refractivity (Wildman–Crippen MR) is 77.6 cm³/mol. The molecule has 0 fully saturated rings. The van der Waals surface area contributed by atoms with E-state index in [2.05, 4.69) is 27.6 Å². The van der Waals surface area contributed by atoms with Gasteiger partial charge in [0.1, 0.15) is 5.76 Å². The summed E-state index contributed by atoms with van der Waals surface area (Å²) in [6.45, 7) is 3.82. The third-order valence-electron chi connectivity index (χ3n) is 3.87. The first-order valence-corrected chi connectivity index (χ1v) is 7.02. The lowest BCUT2D eigenvalue weighted by atomic mass is 9.98. The fourth-order valence-electron chi connectivity index (χ4n) is 2.68. The quantitative estimate of drug-likeness (QED) is 0.782. The first-order chi connectivity index (χ1) is 10.3. The van der Waals surface area contributed by atoms with Gasteiger partial charge in [0.25, 0.3) is 5.89 Å². The minimum absolute atomic E-state index is 0.541. The smallest absolute Gasteiger partial charge is 0.258 e. The van der Waals surface area contributed by atoms with Crippen LogP contribution in [0.5, 0.6) is 0 Å². The third-order valence-corrected chi connectivity index (χ3v) is 3.87. The van der Waals surface area contributed by atoms with Gasteiger partial charge in [-0.25, -0.2) is 0 Å². The lowest BCUT2D eigenvalue weighted by molar-refractivity contribution is 0.432. The van der Waals surface area contributed by atoms with Crippen molar-refractivity contribution in [3.05, 3.63) is 47.4 Å². The van der Waals surface area contributed by atoms with Gasteiger partial charge >= 0.3 is 0 Å². The molecule has 3 heterocycles. The van der Waals surface area contributed by atoms with Crippen LogP contribution in [0, 0.1) is 6.92 Å². The zero-order valence-electron chi connectivity index (χ0n) is 11.7. The van der Waals surface area contributed by atoms with Crippen LogP contribution in [0.1, 0.15) is 16.9 Å². The van der Waals surface area contributed by atoms with Crippen molar-refractivity contribution in [1.29, 1.82) is 0 Å². The van der Waals surface area contributed by atoms with Crippen molar-refractivity contribution in [2.45, 2.75) is 19.9 Å². The van der Waals surface area contributed by atoms with E-state index < -0.39 is 0 Å². The van der Waals surface area contributed by atoms with Crippen molar-refractivity contribution in [1.82, 2.24) is 15.5 Å². The van der Waals surface area contributed by atoms with Gasteiger partial charge in [-0.3, -0.25) is 0 Å². The summed E-state index contributed by atoms with van der Waals surface area (Å²) >= 11 is 0. The molecular weight excluding hydrogens is 266 g/mol. The van der Waals surface area contributed by atoms with Gasteiger partial charge in [0.15, 0.2) is 0 Å². The summed E-state index contributed by atoms with van der Waals surface area (Å²) in [5, 5.41) is 7.42. The number of benzene rings is 1. The van der Waals surface area contributed by atoms with Crippen LogP contribution in [-0.2, 0) is 13.0 Å². The molecule has 0 radical (unpaired) electrons. The van der Waals surface area contributed by atoms with E-state index in [1.165, 1.54) is 11.1 Å². The molecule has 0 amide bonds. The summed E-state index contributed by atoms with van der Waals surface area (Å²) in [5.41, 5.74) is 4.52. The molecule has 0 spiro atoms. The number of nitrogens with one attached hydrogen (secondary N) is 1. The summed E-state index contributed by atoms with van der Waals surface area (Å²) in [4.78, 5) is 4.47. The van der Waals surface area contributed by atoms with E-state index in [9.17, 15) is 0 Å². The number of nitrogens with zero attached hydrogens (tertiary/aromatic N) is 2. The molecule has 1 aliphatic heterocycles. The number of rotatable bonds is 2. The Bertz CT molecular complexity index is 788. The molecule has 2 aromatic heterocycles. The molecular formula is C16H15N3O2. The molecule has 21 heavy (non-hydrogen) atoms. The summed E-state index contributed by atoms with van der Waals surface area (Å²) < 4.78 is 10.7. The average Bonchev–Trinajstić information content (AvgIpc) is 3.15. The van der Waals surface area contributed by atoms with Crippen molar-refractivity contribution in [3.63, 3.8) is 0 Å². The summed E-state index contributed by atoms with van der Waals surface area (Å²) in [6.07, 6.45) is 2.70. The molecule has 5 heteroatoms. The van der Waals surface area contributed by atoms with Crippen LogP contribution in [0.4, 0.5) is 0 Å². The number of aromatic nitrogens is 2. The fourth-order valence-corrected chi connectivity index (χ4v) is 2.68. The molecule has 0 aliphatic carbocycles. The maximum Gasteiger partial charge on any atom is 0.258 e. The number of furan rings is 1. The van der Waals surface area contributed by atoms with E-state index in [0.29, 0.717) is 11.7 Å². The van der Waals surface area contributed by atoms with Gasteiger partial charge in [-0.1, -0.05) is 11.2 Å². The molecule has 0 saturated carbocycles. The number of hydrogen-bond acceptors (Lipinski definition) is 5. The molecule has 0 bridgehead atoms. The fraction of sp³-hybridized carbons (Fsp3) is 0.250. The summed E-state index contributed by atoms with van der Waals surface area (Å²) in [6, 6.07) is 8.17. The molecule has 4 rings (SSSR count). The van der Waals surface area contributed by atoms with Gasteiger partial charge in [-0.05, 0) is 49.2 Å². The molecule has 3 aromatic rings. The van der Waals surface area contributed by atoms with E-state index in [1.54, 1.807) is 6.26 Å². The lowest BCUT2D eigenvalue weighted by Crippen LogP contribution is -2.23. The maximum absolute atomic E-state index is 5.40. The third kappa shape index (κ3) is 2.15. The Hall–Kier alpha value is -2.40. The number of aryl methyl sites for hydroxylation is 1.